The van der Waals surface area contributed by atoms with E-state index in [4.69, 9.17) is 4.74 Å². The maximum Gasteiger partial charge on any atom is 0.410 e. The minimum absolute atomic E-state index is 0.166. The summed E-state index contributed by atoms with van der Waals surface area (Å²) in [4.78, 5) is 14.3. The molecular formula is C16H32N2O2. The summed E-state index contributed by atoms with van der Waals surface area (Å²) in [5, 5.41) is 3.55. The maximum absolute atomic E-state index is 12.3. The molecule has 0 aromatic rings. The molecule has 1 heterocycles. The molecule has 1 N–H and O–H groups in total. The summed E-state index contributed by atoms with van der Waals surface area (Å²) in [7, 11) is 0. The van der Waals surface area contributed by atoms with Crippen LogP contribution in [0, 0.1) is 5.92 Å². The summed E-state index contributed by atoms with van der Waals surface area (Å²) in [5.74, 6) is 0.621. The van der Waals surface area contributed by atoms with Crippen LogP contribution < -0.4 is 5.32 Å². The predicted molar refractivity (Wildman–Crippen MR) is 82.9 cm³/mol. The number of carbonyl (C=O) groups excluding carboxylic acids is 1. The Morgan fingerprint density at radius 1 is 1.30 bits per heavy atom. The van der Waals surface area contributed by atoms with Crippen LogP contribution >= 0.6 is 0 Å². The van der Waals surface area contributed by atoms with Gasteiger partial charge in [-0.3, -0.25) is 0 Å². The molecule has 1 fully saturated rings. The van der Waals surface area contributed by atoms with Gasteiger partial charge in [-0.15, -0.1) is 0 Å². The van der Waals surface area contributed by atoms with Crippen LogP contribution in [0.1, 0.15) is 60.8 Å². The Kier molecular flexibility index (Phi) is 6.31. The van der Waals surface area contributed by atoms with Gasteiger partial charge in [0.25, 0.3) is 0 Å². The van der Waals surface area contributed by atoms with E-state index in [0.717, 1.165) is 25.9 Å². The lowest BCUT2D eigenvalue weighted by atomic mass is 9.96. The first-order valence-electron chi connectivity index (χ1n) is 7.93. The third-order valence-corrected chi connectivity index (χ3v) is 3.60. The van der Waals surface area contributed by atoms with Gasteiger partial charge in [0.2, 0.25) is 0 Å². The highest BCUT2D eigenvalue weighted by Gasteiger charge is 2.33. The highest BCUT2D eigenvalue weighted by Crippen LogP contribution is 2.22. The van der Waals surface area contributed by atoms with Crippen molar-refractivity contribution in [2.45, 2.75) is 78.5 Å². The molecule has 0 aromatic carbocycles. The average molecular weight is 284 g/mol. The Morgan fingerprint density at radius 2 is 1.95 bits per heavy atom. The second-order valence-corrected chi connectivity index (χ2v) is 7.33. The fourth-order valence-electron chi connectivity index (χ4n) is 2.58. The first-order valence-corrected chi connectivity index (χ1v) is 7.93. The van der Waals surface area contributed by atoms with Crippen LogP contribution in [0.5, 0.6) is 0 Å². The number of ether oxygens (including phenoxy) is 1. The average Bonchev–Trinajstić information content (AvgIpc) is 2.33. The van der Waals surface area contributed by atoms with Gasteiger partial charge in [-0.25, -0.2) is 4.79 Å². The minimum atomic E-state index is -0.423. The van der Waals surface area contributed by atoms with E-state index in [-0.39, 0.29) is 12.1 Å². The van der Waals surface area contributed by atoms with Gasteiger partial charge in [-0.05, 0) is 59.4 Å². The Balaban J connectivity index is 2.63. The fraction of sp³-hybridized carbons (Fsp3) is 0.938. The zero-order valence-electron chi connectivity index (χ0n) is 14.0. The topological polar surface area (TPSA) is 41.6 Å². The Hall–Kier alpha value is -0.770. The van der Waals surface area contributed by atoms with Crippen molar-refractivity contribution < 1.29 is 9.53 Å². The van der Waals surface area contributed by atoms with Gasteiger partial charge in [0, 0.05) is 12.6 Å². The second kappa shape index (κ2) is 7.30. The molecule has 4 nitrogen and oxygen atoms in total. The van der Waals surface area contributed by atoms with E-state index in [0.29, 0.717) is 12.0 Å². The lowest BCUT2D eigenvalue weighted by Gasteiger charge is -2.40. The van der Waals surface area contributed by atoms with Crippen LogP contribution in [0.3, 0.4) is 0 Å². The van der Waals surface area contributed by atoms with Crippen molar-refractivity contribution in [2.24, 2.45) is 5.92 Å². The van der Waals surface area contributed by atoms with Gasteiger partial charge in [-0.2, -0.15) is 0 Å². The molecule has 4 heteroatoms. The molecule has 1 amide bonds. The quantitative estimate of drug-likeness (QED) is 0.860. The number of rotatable bonds is 4. The first-order chi connectivity index (χ1) is 9.20. The molecule has 0 aliphatic carbocycles. The summed E-state index contributed by atoms with van der Waals surface area (Å²) in [6.45, 7) is 14.1. The molecule has 2 atom stereocenters. The zero-order chi connectivity index (χ0) is 15.3. The maximum atomic E-state index is 12.3. The first kappa shape index (κ1) is 17.3. The highest BCUT2D eigenvalue weighted by molar-refractivity contribution is 5.68. The largest absolute Gasteiger partial charge is 0.444 e. The zero-order valence-corrected chi connectivity index (χ0v) is 14.0. The molecule has 0 bridgehead atoms. The van der Waals surface area contributed by atoms with Gasteiger partial charge in [0.15, 0.2) is 0 Å². The Morgan fingerprint density at radius 3 is 2.50 bits per heavy atom. The van der Waals surface area contributed by atoms with E-state index in [1.807, 2.05) is 25.7 Å². The number of amides is 1. The van der Waals surface area contributed by atoms with E-state index in [9.17, 15) is 4.79 Å². The normalized spacial score (nSPS) is 21.9. The van der Waals surface area contributed by atoms with E-state index in [1.165, 1.54) is 6.42 Å². The summed E-state index contributed by atoms with van der Waals surface area (Å²) in [6, 6.07) is 0.558. The van der Waals surface area contributed by atoms with Crippen molar-refractivity contribution in [2.75, 3.05) is 13.1 Å². The summed E-state index contributed by atoms with van der Waals surface area (Å²) in [6.07, 6.45) is 3.16. The fourth-order valence-corrected chi connectivity index (χ4v) is 2.58. The number of carbonyl (C=O) groups is 1. The van der Waals surface area contributed by atoms with Gasteiger partial charge >= 0.3 is 6.09 Å². The highest BCUT2D eigenvalue weighted by atomic mass is 16.6. The van der Waals surface area contributed by atoms with Gasteiger partial charge in [-0.1, -0.05) is 13.8 Å². The third kappa shape index (κ3) is 5.70. The smallest absolute Gasteiger partial charge is 0.410 e. The molecule has 0 radical (unpaired) electrons. The number of nitrogens with one attached hydrogen (secondary N) is 1. The molecule has 1 aliphatic rings. The standard InChI is InChI=1S/C16H32N2O2/c1-12(2)11-17-13(3)14-9-7-8-10-18(14)15(19)20-16(4,5)6/h12-14,17H,7-11H2,1-6H3. The van der Waals surface area contributed by atoms with Crippen molar-refractivity contribution >= 4 is 6.09 Å². The van der Waals surface area contributed by atoms with Crippen molar-refractivity contribution in [1.29, 1.82) is 0 Å². The van der Waals surface area contributed by atoms with E-state index < -0.39 is 5.60 Å². The van der Waals surface area contributed by atoms with Crippen molar-refractivity contribution in [1.82, 2.24) is 10.2 Å². The molecular weight excluding hydrogens is 252 g/mol. The van der Waals surface area contributed by atoms with Crippen LogP contribution in [0.15, 0.2) is 0 Å². The molecule has 2 unspecified atom stereocenters. The van der Waals surface area contributed by atoms with Crippen LogP contribution in [-0.4, -0.2) is 41.8 Å². The summed E-state index contributed by atoms with van der Waals surface area (Å²) in [5.41, 5.74) is -0.423. The van der Waals surface area contributed by atoms with Gasteiger partial charge in [0.1, 0.15) is 5.60 Å². The number of nitrogens with zero attached hydrogens (tertiary/aromatic N) is 1. The molecule has 118 valence electrons. The van der Waals surface area contributed by atoms with Crippen LogP contribution in [0.2, 0.25) is 0 Å². The monoisotopic (exact) mass is 284 g/mol. The van der Waals surface area contributed by atoms with Crippen LogP contribution in [0.4, 0.5) is 4.79 Å². The number of likely N-dealkylation sites (tertiary alicyclic amines) is 1. The van der Waals surface area contributed by atoms with E-state index in [2.05, 4.69) is 26.1 Å². The molecule has 1 rings (SSSR count). The lowest BCUT2D eigenvalue weighted by molar-refractivity contribution is 0.00551. The number of piperidine rings is 1. The van der Waals surface area contributed by atoms with Gasteiger partial charge < -0.3 is 15.0 Å². The van der Waals surface area contributed by atoms with Crippen molar-refractivity contribution in [3.05, 3.63) is 0 Å². The molecule has 0 saturated carbocycles. The molecule has 1 aliphatic heterocycles. The Labute approximate surface area is 124 Å². The predicted octanol–water partition coefficient (Wildman–Crippen LogP) is 3.41. The molecule has 0 spiro atoms. The third-order valence-electron chi connectivity index (χ3n) is 3.60. The van der Waals surface area contributed by atoms with Crippen LogP contribution in [0.25, 0.3) is 0 Å². The van der Waals surface area contributed by atoms with Gasteiger partial charge in [0.05, 0.1) is 6.04 Å². The lowest BCUT2D eigenvalue weighted by Crippen LogP contribution is -2.54. The molecule has 1 saturated heterocycles. The van der Waals surface area contributed by atoms with Crippen LogP contribution in [-0.2, 0) is 4.74 Å². The SMILES string of the molecule is CC(C)CNC(C)C1CCCCN1C(=O)OC(C)(C)C. The minimum Gasteiger partial charge on any atom is -0.444 e. The Bertz CT molecular complexity index is 310. The number of hydrogen-bond donors (Lipinski definition) is 1. The van der Waals surface area contributed by atoms with Crippen molar-refractivity contribution in [3.63, 3.8) is 0 Å². The summed E-state index contributed by atoms with van der Waals surface area (Å²) >= 11 is 0. The second-order valence-electron chi connectivity index (χ2n) is 7.33. The number of hydrogen-bond acceptors (Lipinski definition) is 3. The summed E-state index contributed by atoms with van der Waals surface area (Å²) < 4.78 is 5.54. The van der Waals surface area contributed by atoms with Crippen molar-refractivity contribution in [3.8, 4) is 0 Å². The van der Waals surface area contributed by atoms with E-state index >= 15 is 0 Å². The molecule has 20 heavy (non-hydrogen) atoms. The molecule has 0 aromatic heterocycles. The van der Waals surface area contributed by atoms with E-state index in [1.54, 1.807) is 0 Å².